The molecule has 1 aromatic carbocycles. The summed E-state index contributed by atoms with van der Waals surface area (Å²) in [4.78, 5) is 4.15. The van der Waals surface area contributed by atoms with Gasteiger partial charge in [0.2, 0.25) is 0 Å². The van der Waals surface area contributed by atoms with Crippen LogP contribution in [0.4, 0.5) is 4.39 Å². The summed E-state index contributed by atoms with van der Waals surface area (Å²) in [5, 5.41) is 3.21. The van der Waals surface area contributed by atoms with Gasteiger partial charge < -0.3 is 10.1 Å². The Morgan fingerprint density at radius 2 is 2.00 bits per heavy atom. The van der Waals surface area contributed by atoms with Crippen molar-refractivity contribution in [3.05, 3.63) is 59.2 Å². The summed E-state index contributed by atoms with van der Waals surface area (Å²) in [6.07, 6.45) is 3.44. The van der Waals surface area contributed by atoms with Crippen molar-refractivity contribution in [2.24, 2.45) is 0 Å². The second-order valence-corrected chi connectivity index (χ2v) is 4.39. The summed E-state index contributed by atoms with van der Waals surface area (Å²) in [7, 11) is 3.47. The van der Waals surface area contributed by atoms with E-state index in [0.717, 1.165) is 11.1 Å². The van der Waals surface area contributed by atoms with E-state index < -0.39 is 0 Å². The first-order chi connectivity index (χ1) is 9.15. The zero-order chi connectivity index (χ0) is 13.8. The van der Waals surface area contributed by atoms with Crippen molar-refractivity contribution < 1.29 is 9.13 Å². The molecular weight excluding hydrogens is 243 g/mol. The molecular formula is C15H17FN2O. The Bertz CT molecular complexity index is 572. The van der Waals surface area contributed by atoms with E-state index in [2.05, 4.69) is 10.3 Å². The lowest BCUT2D eigenvalue weighted by molar-refractivity contribution is 0.411. The zero-order valence-corrected chi connectivity index (χ0v) is 11.3. The predicted molar refractivity (Wildman–Crippen MR) is 72.8 cm³/mol. The first-order valence-corrected chi connectivity index (χ1v) is 6.08. The Morgan fingerprint density at radius 3 is 2.63 bits per heavy atom. The van der Waals surface area contributed by atoms with Crippen LogP contribution in [0.5, 0.6) is 5.75 Å². The van der Waals surface area contributed by atoms with E-state index in [1.54, 1.807) is 32.5 Å². The van der Waals surface area contributed by atoms with Gasteiger partial charge in [-0.2, -0.15) is 0 Å². The van der Waals surface area contributed by atoms with Gasteiger partial charge in [-0.15, -0.1) is 0 Å². The highest BCUT2D eigenvalue weighted by atomic mass is 19.1. The van der Waals surface area contributed by atoms with Gasteiger partial charge in [-0.1, -0.05) is 12.1 Å². The number of halogens is 1. The lowest BCUT2D eigenvalue weighted by Gasteiger charge is -2.18. The number of hydrogen-bond acceptors (Lipinski definition) is 3. The summed E-state index contributed by atoms with van der Waals surface area (Å²) in [5.41, 5.74) is 2.61. The lowest BCUT2D eigenvalue weighted by Crippen LogP contribution is -2.18. The molecule has 0 aliphatic heterocycles. The number of aromatic nitrogens is 1. The van der Waals surface area contributed by atoms with Gasteiger partial charge in [0, 0.05) is 6.20 Å². The van der Waals surface area contributed by atoms with E-state index in [4.69, 9.17) is 4.74 Å². The molecule has 1 aromatic heterocycles. The summed E-state index contributed by atoms with van der Waals surface area (Å²) >= 11 is 0. The van der Waals surface area contributed by atoms with Crippen molar-refractivity contribution in [2.75, 3.05) is 14.2 Å². The molecule has 0 fully saturated rings. The predicted octanol–water partition coefficient (Wildman–Crippen LogP) is 2.85. The maximum absolute atomic E-state index is 13.3. The summed E-state index contributed by atoms with van der Waals surface area (Å²) in [6, 6.07) is 7.00. The molecule has 1 heterocycles. The molecule has 1 N–H and O–H groups in total. The largest absolute Gasteiger partial charge is 0.495 e. The zero-order valence-electron chi connectivity index (χ0n) is 11.3. The molecule has 0 saturated heterocycles. The quantitative estimate of drug-likeness (QED) is 0.918. The van der Waals surface area contributed by atoms with E-state index in [-0.39, 0.29) is 11.9 Å². The first-order valence-electron chi connectivity index (χ1n) is 6.08. The lowest BCUT2D eigenvalue weighted by atomic mass is 9.98. The van der Waals surface area contributed by atoms with Gasteiger partial charge >= 0.3 is 0 Å². The number of rotatable bonds is 4. The van der Waals surface area contributed by atoms with E-state index >= 15 is 0 Å². The fourth-order valence-corrected chi connectivity index (χ4v) is 2.08. The molecule has 1 unspecified atom stereocenters. The molecule has 0 spiro atoms. The average molecular weight is 260 g/mol. The fraction of sp³-hybridized carbons (Fsp3) is 0.267. The van der Waals surface area contributed by atoms with Crippen LogP contribution in [0.3, 0.4) is 0 Å². The second-order valence-electron chi connectivity index (χ2n) is 4.39. The van der Waals surface area contributed by atoms with Crippen molar-refractivity contribution >= 4 is 0 Å². The van der Waals surface area contributed by atoms with E-state index in [1.165, 1.54) is 6.07 Å². The molecule has 0 aliphatic carbocycles. The van der Waals surface area contributed by atoms with Crippen molar-refractivity contribution in [3.8, 4) is 5.75 Å². The van der Waals surface area contributed by atoms with Crippen LogP contribution in [0.25, 0.3) is 0 Å². The highest BCUT2D eigenvalue weighted by Gasteiger charge is 2.14. The minimum Gasteiger partial charge on any atom is -0.495 e. The number of ether oxygens (including phenoxy) is 1. The molecule has 2 aromatic rings. The van der Waals surface area contributed by atoms with E-state index in [9.17, 15) is 4.39 Å². The third-order valence-corrected chi connectivity index (χ3v) is 3.11. The molecule has 2 rings (SSSR count). The Morgan fingerprint density at radius 1 is 1.21 bits per heavy atom. The van der Waals surface area contributed by atoms with Gasteiger partial charge in [-0.3, -0.25) is 4.98 Å². The van der Waals surface area contributed by atoms with Crippen LogP contribution in [0.1, 0.15) is 22.7 Å². The van der Waals surface area contributed by atoms with Gasteiger partial charge in [0.25, 0.3) is 0 Å². The molecule has 0 saturated carbocycles. The van der Waals surface area contributed by atoms with Crippen LogP contribution in [0, 0.1) is 12.7 Å². The molecule has 1 atom stereocenters. The standard InChI is InChI=1S/C15H17FN2O/c1-10-6-11(4-5-14(10)16)15(17-2)12-7-13(19-3)9-18-8-12/h4-9,15,17H,1-3H3. The number of nitrogens with zero attached hydrogens (tertiary/aromatic N) is 1. The number of pyridine rings is 1. The van der Waals surface area contributed by atoms with Gasteiger partial charge in [0.05, 0.1) is 19.3 Å². The fourth-order valence-electron chi connectivity index (χ4n) is 2.08. The highest BCUT2D eigenvalue weighted by Crippen LogP contribution is 2.25. The minimum absolute atomic E-state index is 0.0399. The second kappa shape index (κ2) is 5.80. The molecule has 4 heteroatoms. The number of aryl methyl sites for hydroxylation is 1. The summed E-state index contributed by atoms with van der Waals surface area (Å²) in [6.45, 7) is 1.76. The normalized spacial score (nSPS) is 12.2. The Hall–Kier alpha value is -1.94. The van der Waals surface area contributed by atoms with Crippen molar-refractivity contribution in [2.45, 2.75) is 13.0 Å². The molecule has 19 heavy (non-hydrogen) atoms. The Labute approximate surface area is 112 Å². The van der Waals surface area contributed by atoms with Crippen LogP contribution in [-0.2, 0) is 0 Å². The molecule has 3 nitrogen and oxygen atoms in total. The van der Waals surface area contributed by atoms with Crippen LogP contribution < -0.4 is 10.1 Å². The van der Waals surface area contributed by atoms with Crippen LogP contribution >= 0.6 is 0 Å². The minimum atomic E-state index is -0.192. The van der Waals surface area contributed by atoms with Gasteiger partial charge in [0.1, 0.15) is 11.6 Å². The van der Waals surface area contributed by atoms with Gasteiger partial charge in [-0.25, -0.2) is 4.39 Å². The third kappa shape index (κ3) is 2.90. The van der Waals surface area contributed by atoms with Crippen LogP contribution in [0.15, 0.2) is 36.7 Å². The third-order valence-electron chi connectivity index (χ3n) is 3.11. The van der Waals surface area contributed by atoms with Gasteiger partial charge in [0.15, 0.2) is 0 Å². The molecule has 0 amide bonds. The SMILES string of the molecule is CNC(c1cncc(OC)c1)c1ccc(F)c(C)c1. The number of nitrogens with one attached hydrogen (secondary N) is 1. The Kier molecular flexibility index (Phi) is 4.12. The average Bonchev–Trinajstić information content (AvgIpc) is 2.44. The highest BCUT2D eigenvalue weighted by molar-refractivity contribution is 5.36. The number of hydrogen-bond donors (Lipinski definition) is 1. The first kappa shape index (κ1) is 13.5. The molecule has 100 valence electrons. The monoisotopic (exact) mass is 260 g/mol. The van der Waals surface area contributed by atoms with Crippen molar-refractivity contribution in [3.63, 3.8) is 0 Å². The maximum Gasteiger partial charge on any atom is 0.137 e. The topological polar surface area (TPSA) is 34.2 Å². The Balaban J connectivity index is 2.40. The van der Waals surface area contributed by atoms with E-state index in [0.29, 0.717) is 11.3 Å². The number of methoxy groups -OCH3 is 1. The van der Waals surface area contributed by atoms with Crippen LogP contribution in [0.2, 0.25) is 0 Å². The summed E-state index contributed by atoms with van der Waals surface area (Å²) in [5.74, 6) is 0.513. The molecule has 0 aliphatic rings. The number of benzene rings is 1. The summed E-state index contributed by atoms with van der Waals surface area (Å²) < 4.78 is 18.5. The van der Waals surface area contributed by atoms with Crippen LogP contribution in [-0.4, -0.2) is 19.1 Å². The van der Waals surface area contributed by atoms with Gasteiger partial charge in [-0.05, 0) is 42.8 Å². The van der Waals surface area contributed by atoms with E-state index in [1.807, 2.05) is 19.2 Å². The molecule has 0 bridgehead atoms. The van der Waals surface area contributed by atoms with Crippen molar-refractivity contribution in [1.82, 2.24) is 10.3 Å². The smallest absolute Gasteiger partial charge is 0.137 e. The molecule has 0 radical (unpaired) electrons. The van der Waals surface area contributed by atoms with Crippen molar-refractivity contribution in [1.29, 1.82) is 0 Å². The maximum atomic E-state index is 13.3.